The molecule has 5 rings (SSSR count). The van der Waals surface area contributed by atoms with Gasteiger partial charge in [-0.3, -0.25) is 14.6 Å². The predicted octanol–water partition coefficient (Wildman–Crippen LogP) is 4.14. The van der Waals surface area contributed by atoms with Crippen molar-refractivity contribution < 1.29 is 18.0 Å². The number of benzene rings is 2. The van der Waals surface area contributed by atoms with Gasteiger partial charge < -0.3 is 4.90 Å². The molecule has 4 aromatic rings. The van der Waals surface area contributed by atoms with Gasteiger partial charge in [0.15, 0.2) is 23.1 Å². The smallest absolute Gasteiger partial charge is 0.275 e. The predicted molar refractivity (Wildman–Crippen MR) is 108 cm³/mol. The second-order valence-electron chi connectivity index (χ2n) is 7.63. The van der Waals surface area contributed by atoms with Gasteiger partial charge in [-0.25, -0.2) is 13.2 Å². The van der Waals surface area contributed by atoms with Gasteiger partial charge in [0.1, 0.15) is 0 Å². The summed E-state index contributed by atoms with van der Waals surface area (Å²) >= 11 is 0. The van der Waals surface area contributed by atoms with Crippen molar-refractivity contribution in [3.05, 3.63) is 70.8 Å². The minimum Gasteiger partial charge on any atom is -0.328 e. The number of nitrogens with zero attached hydrogens (tertiary/aromatic N) is 4. The number of amides is 1. The molecule has 31 heavy (non-hydrogen) atoms. The molecule has 2 aromatic carbocycles. The summed E-state index contributed by atoms with van der Waals surface area (Å²) in [6, 6.07) is 8.95. The van der Waals surface area contributed by atoms with Crippen LogP contribution in [0.1, 0.15) is 34.7 Å². The van der Waals surface area contributed by atoms with Crippen molar-refractivity contribution in [2.75, 3.05) is 6.54 Å². The van der Waals surface area contributed by atoms with Crippen molar-refractivity contribution in [3.8, 4) is 11.3 Å². The minimum atomic E-state index is -1.50. The normalized spacial score (nSPS) is 16.0. The first-order valence-corrected chi connectivity index (χ1v) is 9.81. The van der Waals surface area contributed by atoms with Gasteiger partial charge in [0.25, 0.3) is 5.91 Å². The van der Waals surface area contributed by atoms with Crippen LogP contribution in [0, 0.1) is 17.5 Å². The van der Waals surface area contributed by atoms with Gasteiger partial charge >= 0.3 is 0 Å². The van der Waals surface area contributed by atoms with Crippen LogP contribution in [0.5, 0.6) is 0 Å². The molecule has 158 valence electrons. The molecule has 9 heteroatoms. The van der Waals surface area contributed by atoms with E-state index in [9.17, 15) is 18.0 Å². The zero-order valence-electron chi connectivity index (χ0n) is 16.8. The number of rotatable bonds is 2. The van der Waals surface area contributed by atoms with Crippen molar-refractivity contribution in [2.24, 2.45) is 7.05 Å². The average molecular weight is 425 g/mol. The quantitative estimate of drug-likeness (QED) is 0.491. The molecule has 0 saturated heterocycles. The van der Waals surface area contributed by atoms with E-state index >= 15 is 0 Å². The fourth-order valence-corrected chi connectivity index (χ4v) is 4.34. The van der Waals surface area contributed by atoms with Crippen LogP contribution in [0.4, 0.5) is 13.2 Å². The summed E-state index contributed by atoms with van der Waals surface area (Å²) in [5, 5.41) is 12.3. The fraction of sp³-hybridized carbons (Fsp3) is 0.227. The first-order valence-electron chi connectivity index (χ1n) is 9.81. The lowest BCUT2D eigenvalue weighted by molar-refractivity contribution is 0.0669. The van der Waals surface area contributed by atoms with E-state index < -0.39 is 17.5 Å². The Morgan fingerprint density at radius 3 is 2.61 bits per heavy atom. The molecule has 0 saturated carbocycles. The lowest BCUT2D eigenvalue weighted by Gasteiger charge is -2.32. The second-order valence-corrected chi connectivity index (χ2v) is 7.63. The molecular formula is C22H18F3N5O. The molecule has 1 N–H and O–H groups in total. The number of H-pyrrole nitrogens is 1. The summed E-state index contributed by atoms with van der Waals surface area (Å²) in [4.78, 5) is 14.9. The fourth-order valence-electron chi connectivity index (χ4n) is 4.34. The topological polar surface area (TPSA) is 66.8 Å². The average Bonchev–Trinajstić information content (AvgIpc) is 3.32. The molecule has 0 aliphatic carbocycles. The largest absolute Gasteiger partial charge is 0.328 e. The van der Waals surface area contributed by atoms with Crippen LogP contribution in [-0.2, 0) is 13.5 Å². The highest BCUT2D eigenvalue weighted by molar-refractivity contribution is 6.04. The van der Waals surface area contributed by atoms with Crippen LogP contribution >= 0.6 is 0 Å². The Balaban J connectivity index is 1.53. The molecule has 2 aromatic heterocycles. The molecule has 1 amide bonds. The van der Waals surface area contributed by atoms with Crippen molar-refractivity contribution >= 4 is 16.8 Å². The van der Waals surface area contributed by atoms with Gasteiger partial charge in [0.05, 0.1) is 22.9 Å². The van der Waals surface area contributed by atoms with E-state index in [0.29, 0.717) is 30.0 Å². The van der Waals surface area contributed by atoms with Crippen LogP contribution in [0.15, 0.2) is 36.4 Å². The summed E-state index contributed by atoms with van der Waals surface area (Å²) in [7, 11) is 1.66. The van der Waals surface area contributed by atoms with Gasteiger partial charge in [0, 0.05) is 30.1 Å². The molecule has 3 heterocycles. The summed E-state index contributed by atoms with van der Waals surface area (Å²) in [6.45, 7) is 2.24. The first-order chi connectivity index (χ1) is 14.9. The summed E-state index contributed by atoms with van der Waals surface area (Å²) < 4.78 is 42.6. The molecule has 0 radical (unpaired) electrons. The van der Waals surface area contributed by atoms with E-state index in [4.69, 9.17) is 0 Å². The molecule has 1 aliphatic rings. The Hall–Kier alpha value is -3.62. The SMILES string of the molecule is C[C@H]1c2nn(C)c(-c3cc(F)c(F)c(F)c3)c2CCN1C(=O)c1n[nH]c2ccccc12. The number of carbonyl (C=O) groups is 1. The van der Waals surface area contributed by atoms with Crippen molar-refractivity contribution in [2.45, 2.75) is 19.4 Å². The Labute approximate surface area is 175 Å². The summed E-state index contributed by atoms with van der Waals surface area (Å²) in [5.41, 5.74) is 3.26. The maximum Gasteiger partial charge on any atom is 0.275 e. The van der Waals surface area contributed by atoms with E-state index in [1.807, 2.05) is 31.2 Å². The number of carbonyl (C=O) groups excluding carboxylic acids is 1. The number of hydrogen-bond donors (Lipinski definition) is 1. The third-order valence-corrected chi connectivity index (χ3v) is 5.83. The maximum atomic E-state index is 13.8. The zero-order valence-corrected chi connectivity index (χ0v) is 16.8. The van der Waals surface area contributed by atoms with Crippen LogP contribution in [0.3, 0.4) is 0 Å². The van der Waals surface area contributed by atoms with E-state index in [0.717, 1.165) is 28.6 Å². The Morgan fingerprint density at radius 2 is 1.87 bits per heavy atom. The van der Waals surface area contributed by atoms with Gasteiger partial charge in [-0.15, -0.1) is 0 Å². The van der Waals surface area contributed by atoms with E-state index in [1.165, 1.54) is 4.68 Å². The molecule has 0 fully saturated rings. The van der Waals surface area contributed by atoms with Gasteiger partial charge in [-0.1, -0.05) is 18.2 Å². The van der Waals surface area contributed by atoms with Crippen molar-refractivity contribution in [1.29, 1.82) is 0 Å². The summed E-state index contributed by atoms with van der Waals surface area (Å²) in [6.07, 6.45) is 0.442. The lowest BCUT2D eigenvalue weighted by Crippen LogP contribution is -2.39. The molecule has 1 atom stereocenters. The van der Waals surface area contributed by atoms with Crippen molar-refractivity contribution in [1.82, 2.24) is 24.9 Å². The number of halogens is 3. The molecule has 1 aliphatic heterocycles. The van der Waals surface area contributed by atoms with Gasteiger partial charge in [0.2, 0.25) is 0 Å². The first kappa shape index (κ1) is 19.3. The number of nitrogens with one attached hydrogen (secondary N) is 1. The van der Waals surface area contributed by atoms with Gasteiger partial charge in [-0.2, -0.15) is 10.2 Å². The highest BCUT2D eigenvalue weighted by Crippen LogP contribution is 2.37. The van der Waals surface area contributed by atoms with Crippen molar-refractivity contribution in [3.63, 3.8) is 0 Å². The van der Waals surface area contributed by atoms with E-state index in [2.05, 4.69) is 15.3 Å². The monoisotopic (exact) mass is 425 g/mol. The van der Waals surface area contributed by atoms with Crippen LogP contribution in [0.25, 0.3) is 22.2 Å². The highest BCUT2D eigenvalue weighted by Gasteiger charge is 2.35. The number of aromatic amines is 1. The molecule has 0 spiro atoms. The Morgan fingerprint density at radius 1 is 1.16 bits per heavy atom. The van der Waals surface area contributed by atoms with Crippen LogP contribution in [-0.4, -0.2) is 37.3 Å². The van der Waals surface area contributed by atoms with Crippen LogP contribution < -0.4 is 0 Å². The number of hydrogen-bond acceptors (Lipinski definition) is 3. The van der Waals surface area contributed by atoms with Gasteiger partial charge in [-0.05, 0) is 31.5 Å². The third kappa shape index (κ3) is 2.91. The minimum absolute atomic E-state index is 0.206. The highest BCUT2D eigenvalue weighted by atomic mass is 19.2. The standard InChI is InChI=1S/C22H18F3N5O/c1-11-19-14(21(29(2)28-19)12-9-15(23)18(25)16(24)10-12)7-8-30(11)22(31)20-13-5-3-4-6-17(13)26-27-20/h3-6,9-11H,7-8H2,1-2H3,(H,26,27)/t11-/m0/s1. The number of aryl methyl sites for hydroxylation is 1. The van der Waals surface area contributed by atoms with E-state index in [1.54, 1.807) is 11.9 Å². The molecule has 6 nitrogen and oxygen atoms in total. The molecule has 0 unspecified atom stereocenters. The molecular weight excluding hydrogens is 407 g/mol. The number of aromatic nitrogens is 4. The lowest BCUT2D eigenvalue weighted by atomic mass is 9.95. The molecule has 0 bridgehead atoms. The second kappa shape index (κ2) is 6.97. The van der Waals surface area contributed by atoms with E-state index in [-0.39, 0.29) is 17.5 Å². The number of para-hydroxylation sites is 1. The third-order valence-electron chi connectivity index (χ3n) is 5.83. The maximum absolute atomic E-state index is 13.8. The van der Waals surface area contributed by atoms with Crippen LogP contribution in [0.2, 0.25) is 0 Å². The zero-order chi connectivity index (χ0) is 21.9. The summed E-state index contributed by atoms with van der Waals surface area (Å²) in [5.74, 6) is -4.23. The Kier molecular flexibility index (Phi) is 4.35. The number of fused-ring (bicyclic) bond motifs is 2. The Bertz CT molecular complexity index is 1320.